The number of rotatable bonds is 0. The van der Waals surface area contributed by atoms with Crippen molar-refractivity contribution in [2.45, 2.75) is 19.0 Å². The van der Waals surface area contributed by atoms with E-state index in [1.54, 1.807) is 14.0 Å². The van der Waals surface area contributed by atoms with E-state index >= 15 is 0 Å². The lowest BCUT2D eigenvalue weighted by Crippen LogP contribution is -2.62. The third kappa shape index (κ3) is 2.91. The molecule has 7 nitrogen and oxygen atoms in total. The average molecular weight is 309 g/mol. The summed E-state index contributed by atoms with van der Waals surface area (Å²) in [4.78, 5) is 30.6. The number of urea groups is 1. The molecule has 0 saturated carbocycles. The highest BCUT2D eigenvalue weighted by Crippen LogP contribution is 2.34. The van der Waals surface area contributed by atoms with E-state index in [1.807, 2.05) is 4.90 Å². The Morgan fingerprint density at radius 1 is 1.48 bits per heavy atom. The zero-order valence-corrected chi connectivity index (χ0v) is 12.9. The van der Waals surface area contributed by atoms with Gasteiger partial charge in [0.1, 0.15) is 0 Å². The van der Waals surface area contributed by atoms with Gasteiger partial charge in [0.25, 0.3) is 0 Å². The molecule has 1 saturated heterocycles. The minimum Gasteiger partial charge on any atom is -0.341 e. The summed E-state index contributed by atoms with van der Waals surface area (Å²) >= 11 is 1.47. The summed E-state index contributed by atoms with van der Waals surface area (Å²) in [6.45, 7) is 3.62. The maximum atomic E-state index is 11.7. The second kappa shape index (κ2) is 5.69. The van der Waals surface area contributed by atoms with Crippen LogP contribution in [0.3, 0.4) is 0 Å². The number of fused-ring (bicyclic) bond motifs is 5. The Kier molecular flexibility index (Phi) is 3.90. The van der Waals surface area contributed by atoms with E-state index in [4.69, 9.17) is 0 Å². The molecule has 3 heterocycles. The Bertz CT molecular complexity index is 533. The lowest BCUT2D eigenvalue weighted by atomic mass is 9.90. The summed E-state index contributed by atoms with van der Waals surface area (Å²) in [5.41, 5.74) is 0. The smallest absolute Gasteiger partial charge is 0.320 e. The lowest BCUT2D eigenvalue weighted by Gasteiger charge is -2.44. The molecule has 0 aromatic heterocycles. The number of nitrogens with one attached hydrogen (secondary N) is 3. The monoisotopic (exact) mass is 309 g/mol. The Labute approximate surface area is 127 Å². The fourth-order valence-electron chi connectivity index (χ4n) is 2.87. The molecule has 1 fully saturated rings. The van der Waals surface area contributed by atoms with Gasteiger partial charge in [-0.15, -0.1) is 0 Å². The molecule has 3 N–H and O–H groups in total. The number of thioether (sulfide) groups is 1. The third-order valence-corrected chi connectivity index (χ3v) is 5.11. The standard InChI is InChI=1S/C13H19N5O2S/c1-7(19)18-5-9-8-3-11(10(6-18)16-9)21-13(15-4-8)17-12(20)14-2/h3,8-10,16H,4-6H2,1-2H3,(H2,14,15,17,20). The van der Waals surface area contributed by atoms with E-state index in [1.165, 1.54) is 11.8 Å². The molecule has 4 bridgehead atoms. The number of piperazine rings is 1. The molecule has 3 atom stereocenters. The topological polar surface area (TPSA) is 85.8 Å². The van der Waals surface area contributed by atoms with Gasteiger partial charge in [-0.2, -0.15) is 0 Å². The summed E-state index contributed by atoms with van der Waals surface area (Å²) in [5.74, 6) is 0.371. The molecule has 3 rings (SSSR count). The van der Waals surface area contributed by atoms with Crippen LogP contribution in [0.4, 0.5) is 4.79 Å². The predicted octanol–water partition coefficient (Wildman–Crippen LogP) is -0.279. The van der Waals surface area contributed by atoms with Gasteiger partial charge in [0.15, 0.2) is 5.17 Å². The number of nitrogens with zero attached hydrogens (tertiary/aromatic N) is 2. The highest BCUT2D eigenvalue weighted by molar-refractivity contribution is 8.17. The summed E-state index contributed by atoms with van der Waals surface area (Å²) in [6.07, 6.45) is 2.25. The van der Waals surface area contributed by atoms with Crippen LogP contribution in [0.2, 0.25) is 0 Å². The van der Waals surface area contributed by atoms with Crippen molar-refractivity contribution >= 4 is 28.9 Å². The molecule has 0 radical (unpaired) electrons. The maximum Gasteiger partial charge on any atom is 0.320 e. The number of carbonyl (C=O) groups excluding carboxylic acids is 2. The van der Waals surface area contributed by atoms with Gasteiger partial charge in [0, 0.05) is 50.5 Å². The fraction of sp³-hybridized carbons (Fsp3) is 0.615. The SMILES string of the molecule is CNC(=O)NC1=NCC2C=C(S1)C1CN(C(C)=O)CC2N1. The minimum atomic E-state index is -0.264. The quantitative estimate of drug-likeness (QED) is 0.574. The minimum absolute atomic E-state index is 0.111. The molecule has 21 heavy (non-hydrogen) atoms. The fourth-order valence-corrected chi connectivity index (χ4v) is 3.90. The number of aliphatic imine (C=N–C) groups is 1. The van der Waals surface area contributed by atoms with Crippen molar-refractivity contribution < 1.29 is 9.59 Å². The molecular weight excluding hydrogens is 290 g/mol. The first-order valence-corrected chi connectivity index (χ1v) is 7.83. The van der Waals surface area contributed by atoms with Gasteiger partial charge < -0.3 is 15.5 Å². The molecule has 3 amide bonds. The number of amidine groups is 1. The van der Waals surface area contributed by atoms with E-state index < -0.39 is 0 Å². The highest BCUT2D eigenvalue weighted by Gasteiger charge is 2.39. The van der Waals surface area contributed by atoms with E-state index in [-0.39, 0.29) is 29.9 Å². The normalized spacial score (nSPS) is 30.8. The average Bonchev–Trinajstić information content (AvgIpc) is 2.66. The molecule has 0 spiro atoms. The Balaban J connectivity index is 1.78. The van der Waals surface area contributed by atoms with E-state index in [0.717, 1.165) is 11.4 Å². The molecule has 3 unspecified atom stereocenters. The van der Waals surface area contributed by atoms with E-state index in [9.17, 15) is 9.59 Å². The largest absolute Gasteiger partial charge is 0.341 e. The first-order chi connectivity index (χ1) is 10.1. The van der Waals surface area contributed by atoms with Crippen molar-refractivity contribution in [2.24, 2.45) is 10.9 Å². The van der Waals surface area contributed by atoms with Crippen LogP contribution in [0.5, 0.6) is 0 Å². The van der Waals surface area contributed by atoms with Gasteiger partial charge in [-0.25, -0.2) is 4.79 Å². The van der Waals surface area contributed by atoms with Gasteiger partial charge in [-0.3, -0.25) is 15.1 Å². The molecule has 3 aliphatic heterocycles. The third-order valence-electron chi connectivity index (χ3n) is 4.03. The van der Waals surface area contributed by atoms with Crippen molar-refractivity contribution in [1.29, 1.82) is 0 Å². The highest BCUT2D eigenvalue weighted by atomic mass is 32.2. The van der Waals surface area contributed by atoms with Crippen molar-refractivity contribution in [1.82, 2.24) is 20.9 Å². The van der Waals surface area contributed by atoms with Gasteiger partial charge >= 0.3 is 6.03 Å². The number of hydrogen-bond acceptors (Lipinski definition) is 5. The van der Waals surface area contributed by atoms with Crippen molar-refractivity contribution in [3.8, 4) is 0 Å². The van der Waals surface area contributed by atoms with Crippen LogP contribution >= 0.6 is 11.8 Å². The molecule has 8 heteroatoms. The van der Waals surface area contributed by atoms with E-state index in [2.05, 4.69) is 27.0 Å². The van der Waals surface area contributed by atoms with Crippen LogP contribution in [0.1, 0.15) is 6.92 Å². The van der Waals surface area contributed by atoms with Crippen molar-refractivity contribution in [2.75, 3.05) is 26.7 Å². The number of amides is 3. The Morgan fingerprint density at radius 2 is 2.29 bits per heavy atom. The summed E-state index contributed by atoms with van der Waals surface area (Å²) < 4.78 is 0. The summed E-state index contributed by atoms with van der Waals surface area (Å²) in [6, 6.07) is 0.100. The van der Waals surface area contributed by atoms with Gasteiger partial charge in [-0.05, 0) is 0 Å². The first-order valence-electron chi connectivity index (χ1n) is 7.01. The lowest BCUT2D eigenvalue weighted by molar-refractivity contribution is -0.130. The number of carbonyl (C=O) groups is 2. The van der Waals surface area contributed by atoms with Crippen LogP contribution in [-0.2, 0) is 4.79 Å². The first kappa shape index (κ1) is 14.4. The maximum absolute atomic E-state index is 11.7. The summed E-state index contributed by atoms with van der Waals surface area (Å²) in [5, 5.41) is 9.48. The molecule has 0 aromatic carbocycles. The second-order valence-electron chi connectivity index (χ2n) is 5.43. The molecule has 3 aliphatic rings. The second-order valence-corrected chi connectivity index (χ2v) is 6.50. The Morgan fingerprint density at radius 3 is 3.00 bits per heavy atom. The zero-order chi connectivity index (χ0) is 15.0. The summed E-state index contributed by atoms with van der Waals surface area (Å²) in [7, 11) is 1.58. The predicted molar refractivity (Wildman–Crippen MR) is 82.0 cm³/mol. The van der Waals surface area contributed by atoms with Crippen LogP contribution in [0.25, 0.3) is 0 Å². The van der Waals surface area contributed by atoms with Crippen molar-refractivity contribution in [3.63, 3.8) is 0 Å². The molecule has 0 aromatic rings. The molecule has 0 aliphatic carbocycles. The van der Waals surface area contributed by atoms with Gasteiger partial charge in [-0.1, -0.05) is 17.8 Å². The van der Waals surface area contributed by atoms with Gasteiger partial charge in [0.05, 0.1) is 6.04 Å². The van der Waals surface area contributed by atoms with Crippen LogP contribution in [-0.4, -0.2) is 60.8 Å². The van der Waals surface area contributed by atoms with Crippen LogP contribution in [0, 0.1) is 5.92 Å². The van der Waals surface area contributed by atoms with Crippen LogP contribution in [0.15, 0.2) is 16.0 Å². The van der Waals surface area contributed by atoms with Crippen molar-refractivity contribution in [3.05, 3.63) is 11.0 Å². The molecular formula is C13H19N5O2S. The van der Waals surface area contributed by atoms with Crippen LogP contribution < -0.4 is 16.0 Å². The number of hydrogen-bond donors (Lipinski definition) is 3. The Hall–Kier alpha value is -1.54. The molecule has 114 valence electrons. The zero-order valence-electron chi connectivity index (χ0n) is 12.0. The van der Waals surface area contributed by atoms with E-state index in [0.29, 0.717) is 18.3 Å². The van der Waals surface area contributed by atoms with Gasteiger partial charge in [0.2, 0.25) is 5.91 Å².